The van der Waals surface area contributed by atoms with E-state index in [9.17, 15) is 0 Å². The van der Waals surface area contributed by atoms with Gasteiger partial charge in [-0.2, -0.15) is 0 Å². The van der Waals surface area contributed by atoms with Crippen LogP contribution in [0.2, 0.25) is 0 Å². The van der Waals surface area contributed by atoms with Gasteiger partial charge >= 0.3 is 0 Å². The Kier molecular flexibility index (Phi) is 4.56. The number of ether oxygens (including phenoxy) is 1. The molecular formula is C19H23NO. The lowest BCUT2D eigenvalue weighted by Crippen LogP contribution is -2.30. The van der Waals surface area contributed by atoms with Gasteiger partial charge in [0.2, 0.25) is 0 Å². The number of benzene rings is 2. The first-order chi connectivity index (χ1) is 10.3. The van der Waals surface area contributed by atoms with Crippen molar-refractivity contribution in [1.29, 1.82) is 0 Å². The van der Waals surface area contributed by atoms with Crippen LogP contribution in [0.5, 0.6) is 0 Å². The Labute approximate surface area is 127 Å². The Morgan fingerprint density at radius 1 is 0.905 bits per heavy atom. The van der Waals surface area contributed by atoms with Crippen molar-refractivity contribution in [2.45, 2.75) is 37.8 Å². The third-order valence-electron chi connectivity index (χ3n) is 4.32. The average molecular weight is 281 g/mol. The van der Waals surface area contributed by atoms with E-state index in [0.717, 1.165) is 6.42 Å². The quantitative estimate of drug-likeness (QED) is 0.875. The first kappa shape index (κ1) is 14.2. The SMILES string of the molecule is COC1CCCC(Nc2ccc(-c3ccccc3)cc2)C1. The van der Waals surface area contributed by atoms with Crippen molar-refractivity contribution < 1.29 is 4.74 Å². The highest BCUT2D eigenvalue weighted by Crippen LogP contribution is 2.25. The van der Waals surface area contributed by atoms with Gasteiger partial charge in [-0.1, -0.05) is 42.5 Å². The molecule has 0 aromatic heterocycles. The van der Waals surface area contributed by atoms with Gasteiger partial charge in [0.1, 0.15) is 0 Å². The molecule has 0 heterocycles. The van der Waals surface area contributed by atoms with Crippen LogP contribution in [0.4, 0.5) is 5.69 Å². The summed E-state index contributed by atoms with van der Waals surface area (Å²) in [6, 6.07) is 19.8. The van der Waals surface area contributed by atoms with Crippen LogP contribution in [-0.4, -0.2) is 19.3 Å². The summed E-state index contributed by atoms with van der Waals surface area (Å²) in [7, 11) is 1.82. The predicted octanol–water partition coefficient (Wildman–Crippen LogP) is 4.72. The summed E-state index contributed by atoms with van der Waals surface area (Å²) in [6.07, 6.45) is 5.21. The topological polar surface area (TPSA) is 21.3 Å². The lowest BCUT2D eigenvalue weighted by Gasteiger charge is -2.29. The molecule has 1 saturated carbocycles. The van der Waals surface area contributed by atoms with Crippen LogP contribution in [-0.2, 0) is 4.74 Å². The van der Waals surface area contributed by atoms with Crippen LogP contribution < -0.4 is 5.32 Å². The van der Waals surface area contributed by atoms with Crippen molar-refractivity contribution in [3.63, 3.8) is 0 Å². The van der Waals surface area contributed by atoms with Gasteiger partial charge in [0.05, 0.1) is 6.10 Å². The van der Waals surface area contributed by atoms with Gasteiger partial charge in [-0.05, 0) is 48.9 Å². The van der Waals surface area contributed by atoms with E-state index in [1.54, 1.807) is 0 Å². The van der Waals surface area contributed by atoms with Gasteiger partial charge in [0.25, 0.3) is 0 Å². The van der Waals surface area contributed by atoms with Crippen LogP contribution in [0.25, 0.3) is 11.1 Å². The summed E-state index contributed by atoms with van der Waals surface area (Å²) in [5.41, 5.74) is 3.73. The van der Waals surface area contributed by atoms with Crippen LogP contribution in [0, 0.1) is 0 Å². The maximum Gasteiger partial charge on any atom is 0.0590 e. The molecule has 2 aromatic rings. The smallest absolute Gasteiger partial charge is 0.0590 e. The summed E-state index contributed by atoms with van der Waals surface area (Å²) in [6.45, 7) is 0. The first-order valence-corrected chi connectivity index (χ1v) is 7.80. The second-order valence-corrected chi connectivity index (χ2v) is 5.81. The molecule has 2 unspecified atom stereocenters. The van der Waals surface area contributed by atoms with Crippen LogP contribution in [0.1, 0.15) is 25.7 Å². The fraction of sp³-hybridized carbons (Fsp3) is 0.368. The molecule has 110 valence electrons. The van der Waals surface area contributed by atoms with Crippen molar-refractivity contribution in [3.8, 4) is 11.1 Å². The molecular weight excluding hydrogens is 258 g/mol. The van der Waals surface area contributed by atoms with E-state index in [1.165, 1.54) is 36.1 Å². The molecule has 0 aliphatic heterocycles. The number of rotatable bonds is 4. The predicted molar refractivity (Wildman–Crippen MR) is 88.6 cm³/mol. The van der Waals surface area contributed by atoms with E-state index < -0.39 is 0 Å². The third-order valence-corrected chi connectivity index (χ3v) is 4.32. The van der Waals surface area contributed by atoms with Gasteiger partial charge in [-0.25, -0.2) is 0 Å². The van der Waals surface area contributed by atoms with Gasteiger partial charge in [0.15, 0.2) is 0 Å². The zero-order valence-corrected chi connectivity index (χ0v) is 12.6. The first-order valence-electron chi connectivity index (χ1n) is 7.80. The van der Waals surface area contributed by atoms with Crippen LogP contribution in [0.15, 0.2) is 54.6 Å². The molecule has 1 aliphatic rings. The molecule has 2 heteroatoms. The molecule has 0 spiro atoms. The Morgan fingerprint density at radius 2 is 1.62 bits per heavy atom. The zero-order chi connectivity index (χ0) is 14.5. The molecule has 2 aromatic carbocycles. The zero-order valence-electron chi connectivity index (χ0n) is 12.6. The van der Waals surface area contributed by atoms with E-state index in [1.807, 2.05) is 7.11 Å². The van der Waals surface area contributed by atoms with Gasteiger partial charge in [-0.3, -0.25) is 0 Å². The normalized spacial score (nSPS) is 22.0. The van der Waals surface area contributed by atoms with Crippen LogP contribution in [0.3, 0.4) is 0 Å². The number of nitrogens with one attached hydrogen (secondary N) is 1. The molecule has 3 rings (SSSR count). The Bertz CT molecular complexity index is 550. The Hall–Kier alpha value is -1.80. The minimum absolute atomic E-state index is 0.417. The molecule has 21 heavy (non-hydrogen) atoms. The minimum atomic E-state index is 0.417. The molecule has 2 nitrogen and oxygen atoms in total. The van der Waals surface area contributed by atoms with Gasteiger partial charge < -0.3 is 10.1 Å². The maximum absolute atomic E-state index is 5.50. The molecule has 0 saturated heterocycles. The lowest BCUT2D eigenvalue weighted by atomic mass is 9.92. The fourth-order valence-electron chi connectivity index (χ4n) is 3.12. The standard InChI is InChI=1S/C19H23NO/c1-21-19-9-5-8-18(14-19)20-17-12-10-16(11-13-17)15-6-3-2-4-7-15/h2-4,6-7,10-13,18-20H,5,8-9,14H2,1H3. The number of anilines is 1. The summed E-state index contributed by atoms with van der Waals surface area (Å²) >= 11 is 0. The Morgan fingerprint density at radius 3 is 2.33 bits per heavy atom. The number of hydrogen-bond donors (Lipinski definition) is 1. The second kappa shape index (κ2) is 6.77. The van der Waals surface area contributed by atoms with E-state index in [4.69, 9.17) is 4.74 Å². The maximum atomic E-state index is 5.50. The monoisotopic (exact) mass is 281 g/mol. The van der Waals surface area contributed by atoms with Gasteiger partial charge in [-0.15, -0.1) is 0 Å². The summed E-state index contributed by atoms with van der Waals surface area (Å²) in [5.74, 6) is 0. The molecule has 2 atom stereocenters. The highest BCUT2D eigenvalue weighted by atomic mass is 16.5. The fourth-order valence-corrected chi connectivity index (χ4v) is 3.12. The average Bonchev–Trinajstić information content (AvgIpc) is 2.56. The molecule has 1 aliphatic carbocycles. The number of hydrogen-bond acceptors (Lipinski definition) is 2. The third kappa shape index (κ3) is 3.64. The van der Waals surface area contributed by atoms with E-state index in [2.05, 4.69) is 59.9 Å². The lowest BCUT2D eigenvalue weighted by molar-refractivity contribution is 0.0669. The minimum Gasteiger partial charge on any atom is -0.382 e. The van der Waals surface area contributed by atoms with Crippen molar-refractivity contribution in [2.75, 3.05) is 12.4 Å². The summed E-state index contributed by atoms with van der Waals surface area (Å²) in [5, 5.41) is 3.64. The molecule has 1 fully saturated rings. The Balaban J connectivity index is 1.65. The largest absolute Gasteiger partial charge is 0.382 e. The van der Waals surface area contributed by atoms with Crippen molar-refractivity contribution in [2.24, 2.45) is 0 Å². The number of methoxy groups -OCH3 is 1. The molecule has 0 radical (unpaired) electrons. The van der Waals surface area contributed by atoms with Crippen molar-refractivity contribution in [3.05, 3.63) is 54.6 Å². The van der Waals surface area contributed by atoms with Crippen molar-refractivity contribution >= 4 is 5.69 Å². The van der Waals surface area contributed by atoms with E-state index in [0.29, 0.717) is 12.1 Å². The summed E-state index contributed by atoms with van der Waals surface area (Å²) in [4.78, 5) is 0. The highest BCUT2D eigenvalue weighted by molar-refractivity contribution is 5.65. The summed E-state index contributed by atoms with van der Waals surface area (Å²) < 4.78 is 5.50. The molecule has 0 bridgehead atoms. The molecule has 0 amide bonds. The van der Waals surface area contributed by atoms with Gasteiger partial charge in [0, 0.05) is 18.8 Å². The van der Waals surface area contributed by atoms with Crippen LogP contribution >= 0.6 is 0 Å². The second-order valence-electron chi connectivity index (χ2n) is 5.81. The van der Waals surface area contributed by atoms with E-state index in [-0.39, 0.29) is 0 Å². The molecule has 1 N–H and O–H groups in total. The highest BCUT2D eigenvalue weighted by Gasteiger charge is 2.21. The van der Waals surface area contributed by atoms with Crippen molar-refractivity contribution in [1.82, 2.24) is 0 Å². The van der Waals surface area contributed by atoms with E-state index >= 15 is 0 Å².